The maximum atomic E-state index is 13.4. The number of halogens is 3. The number of hydrogen-bond acceptors (Lipinski definition) is 6. The molecule has 1 aromatic carbocycles. The van der Waals surface area contributed by atoms with Gasteiger partial charge in [0, 0.05) is 17.0 Å². The second-order valence-corrected chi connectivity index (χ2v) is 12.2. The fourth-order valence-electron chi connectivity index (χ4n) is 4.28. The number of carboxylic acid groups (broad SMARTS) is 2. The Morgan fingerprint density at radius 1 is 0.929 bits per heavy atom. The van der Waals surface area contributed by atoms with E-state index in [-0.39, 0.29) is 29.9 Å². The zero-order valence-corrected chi connectivity index (χ0v) is 25.8. The Bertz CT molecular complexity index is 1080. The molecule has 1 aromatic rings. The third kappa shape index (κ3) is 13.2. The monoisotopic (exact) mass is 601 g/mol. The van der Waals surface area contributed by atoms with Crippen LogP contribution in [0.2, 0.25) is 0 Å². The zero-order valence-electron chi connectivity index (χ0n) is 25.8. The van der Waals surface area contributed by atoms with E-state index in [9.17, 15) is 32.7 Å². The number of hydrogen-bond donors (Lipinski definition) is 5. The van der Waals surface area contributed by atoms with Gasteiger partial charge in [-0.25, -0.2) is 9.59 Å². The van der Waals surface area contributed by atoms with Gasteiger partial charge in [-0.15, -0.1) is 0 Å². The summed E-state index contributed by atoms with van der Waals surface area (Å²) in [6.07, 6.45) is -2.74. The van der Waals surface area contributed by atoms with Crippen molar-refractivity contribution in [2.75, 3.05) is 13.6 Å². The van der Waals surface area contributed by atoms with Crippen LogP contribution in [0.4, 0.5) is 13.2 Å². The van der Waals surface area contributed by atoms with Gasteiger partial charge in [0.25, 0.3) is 0 Å². The van der Waals surface area contributed by atoms with E-state index in [0.29, 0.717) is 12.3 Å². The number of ketones is 1. The van der Waals surface area contributed by atoms with Crippen molar-refractivity contribution in [3.05, 3.63) is 47.5 Å². The quantitative estimate of drug-likeness (QED) is 0.210. The third-order valence-electron chi connectivity index (χ3n) is 6.56. The Labute approximate surface area is 246 Å². The lowest BCUT2D eigenvalue weighted by Gasteiger charge is -2.37. The lowest BCUT2D eigenvalue weighted by atomic mass is 9.76. The SMILES string of the molecule is CNC(C(=O)NC(C(=O)CNC(/C=C(\C)C(=O)O)CC(C)C)C(C)(C)C)C(C)(C)c1ccccc1.O=C(O)C(F)(F)F. The van der Waals surface area contributed by atoms with Crippen LogP contribution in [-0.2, 0) is 24.6 Å². The van der Waals surface area contributed by atoms with Crippen LogP contribution >= 0.6 is 0 Å². The van der Waals surface area contributed by atoms with Crippen molar-refractivity contribution in [3.63, 3.8) is 0 Å². The number of benzene rings is 1. The van der Waals surface area contributed by atoms with Gasteiger partial charge in [-0.2, -0.15) is 13.2 Å². The van der Waals surface area contributed by atoms with Crippen LogP contribution in [0, 0.1) is 11.3 Å². The van der Waals surface area contributed by atoms with Gasteiger partial charge in [0.15, 0.2) is 5.78 Å². The topological polar surface area (TPSA) is 145 Å². The molecular formula is C30H46F3N3O6. The molecule has 3 unspecified atom stereocenters. The molecule has 0 fully saturated rings. The highest BCUT2D eigenvalue weighted by molar-refractivity contribution is 5.93. The van der Waals surface area contributed by atoms with Crippen molar-refractivity contribution < 1.29 is 42.6 Å². The minimum atomic E-state index is -5.08. The molecule has 0 aliphatic heterocycles. The van der Waals surface area contributed by atoms with E-state index in [2.05, 4.69) is 16.0 Å². The fourth-order valence-corrected chi connectivity index (χ4v) is 4.28. The van der Waals surface area contributed by atoms with Crippen molar-refractivity contribution in [1.29, 1.82) is 0 Å². The average molecular weight is 602 g/mol. The van der Waals surface area contributed by atoms with Crippen molar-refractivity contribution in [3.8, 4) is 0 Å². The summed E-state index contributed by atoms with van der Waals surface area (Å²) in [4.78, 5) is 46.9. The molecule has 0 aromatic heterocycles. The Kier molecular flexibility index (Phi) is 15.1. The summed E-state index contributed by atoms with van der Waals surface area (Å²) in [5, 5.41) is 25.7. The van der Waals surface area contributed by atoms with Gasteiger partial charge in [-0.3, -0.25) is 9.59 Å². The highest BCUT2D eigenvalue weighted by Gasteiger charge is 2.40. The maximum absolute atomic E-state index is 13.4. The average Bonchev–Trinajstić information content (AvgIpc) is 2.85. The minimum Gasteiger partial charge on any atom is -0.478 e. The molecule has 1 rings (SSSR count). The number of Topliss-reactive ketones (excluding diaryl/α,β-unsaturated/α-hetero) is 1. The van der Waals surface area contributed by atoms with Crippen LogP contribution in [0.3, 0.4) is 0 Å². The van der Waals surface area contributed by atoms with Gasteiger partial charge in [-0.05, 0) is 37.3 Å². The molecule has 0 spiro atoms. The fraction of sp³-hybridized carbons (Fsp3) is 0.600. The summed E-state index contributed by atoms with van der Waals surface area (Å²) in [6, 6.07) is 8.30. The van der Waals surface area contributed by atoms with Crippen LogP contribution in [0.1, 0.15) is 67.4 Å². The molecule has 3 atom stereocenters. The lowest BCUT2D eigenvalue weighted by molar-refractivity contribution is -0.192. The van der Waals surface area contributed by atoms with Crippen molar-refractivity contribution in [2.45, 2.75) is 91.5 Å². The molecule has 0 radical (unpaired) electrons. The highest BCUT2D eigenvalue weighted by atomic mass is 19.4. The molecule has 5 N–H and O–H groups in total. The summed E-state index contributed by atoms with van der Waals surface area (Å²) < 4.78 is 31.7. The first-order chi connectivity index (χ1) is 19.0. The van der Waals surface area contributed by atoms with E-state index >= 15 is 0 Å². The standard InChI is InChI=1S/C28H45N3O4.C2HF3O2/c1-18(2)15-21(16-19(3)26(34)35)30-17-22(32)23(27(4,5)6)31-25(33)24(29-9)28(7,8)20-13-11-10-12-14-20;3-2(4,5)1(6)7/h10-14,16,18,21,23-24,29-30H,15,17H2,1-9H3,(H,31,33)(H,34,35);(H,6,7)/b19-16+;. The molecule has 238 valence electrons. The molecule has 0 aliphatic rings. The van der Waals surface area contributed by atoms with Gasteiger partial charge < -0.3 is 26.2 Å². The van der Waals surface area contributed by atoms with Gasteiger partial charge in [0.05, 0.1) is 18.6 Å². The van der Waals surface area contributed by atoms with Crippen molar-refractivity contribution in [1.82, 2.24) is 16.0 Å². The molecule has 1 amide bonds. The van der Waals surface area contributed by atoms with Crippen LogP contribution in [0.5, 0.6) is 0 Å². The van der Waals surface area contributed by atoms with Crippen LogP contribution in [0.25, 0.3) is 0 Å². The minimum absolute atomic E-state index is 0.0231. The Hall–Kier alpha value is -3.25. The highest BCUT2D eigenvalue weighted by Crippen LogP contribution is 2.28. The molecule has 12 heteroatoms. The van der Waals surface area contributed by atoms with Crippen molar-refractivity contribution in [2.24, 2.45) is 11.3 Å². The Balaban J connectivity index is 0.00000212. The summed E-state index contributed by atoms with van der Waals surface area (Å²) >= 11 is 0. The van der Waals surface area contributed by atoms with Crippen LogP contribution in [-0.4, -0.2) is 71.7 Å². The molecule has 0 saturated heterocycles. The van der Waals surface area contributed by atoms with Crippen LogP contribution < -0.4 is 16.0 Å². The molecule has 9 nitrogen and oxygen atoms in total. The summed E-state index contributed by atoms with van der Waals surface area (Å²) in [7, 11) is 1.75. The largest absolute Gasteiger partial charge is 0.490 e. The third-order valence-corrected chi connectivity index (χ3v) is 6.56. The predicted molar refractivity (Wildman–Crippen MR) is 155 cm³/mol. The van der Waals surface area contributed by atoms with E-state index in [1.165, 1.54) is 0 Å². The van der Waals surface area contributed by atoms with E-state index < -0.39 is 41.0 Å². The van der Waals surface area contributed by atoms with E-state index in [1.54, 1.807) is 20.0 Å². The maximum Gasteiger partial charge on any atom is 0.490 e. The van der Waals surface area contributed by atoms with Crippen molar-refractivity contribution >= 4 is 23.6 Å². The van der Waals surface area contributed by atoms with Gasteiger partial charge in [0.2, 0.25) is 5.91 Å². The first-order valence-electron chi connectivity index (χ1n) is 13.6. The number of carbonyl (C=O) groups excluding carboxylic acids is 2. The summed E-state index contributed by atoms with van der Waals surface area (Å²) in [6.45, 7) is 15.4. The van der Waals surface area contributed by atoms with E-state index in [0.717, 1.165) is 5.56 Å². The second-order valence-electron chi connectivity index (χ2n) is 12.2. The van der Waals surface area contributed by atoms with E-state index in [1.807, 2.05) is 78.8 Å². The Morgan fingerprint density at radius 3 is 1.81 bits per heavy atom. The number of carbonyl (C=O) groups is 4. The van der Waals surface area contributed by atoms with Gasteiger partial charge >= 0.3 is 18.1 Å². The molecule has 0 bridgehead atoms. The molecular weight excluding hydrogens is 555 g/mol. The number of likely N-dealkylation sites (N-methyl/N-ethyl adjacent to an activating group) is 1. The normalized spacial score (nSPS) is 14.7. The number of rotatable bonds is 13. The van der Waals surface area contributed by atoms with Gasteiger partial charge in [0.1, 0.15) is 0 Å². The summed E-state index contributed by atoms with van der Waals surface area (Å²) in [5.74, 6) is -3.81. The van der Waals surface area contributed by atoms with E-state index in [4.69, 9.17) is 9.90 Å². The number of aliphatic carboxylic acids is 2. The summed E-state index contributed by atoms with van der Waals surface area (Å²) in [5.41, 5.74) is 0.234. The van der Waals surface area contributed by atoms with Crippen LogP contribution in [0.15, 0.2) is 42.0 Å². The number of alkyl halides is 3. The Morgan fingerprint density at radius 2 is 1.43 bits per heavy atom. The first-order valence-corrected chi connectivity index (χ1v) is 13.6. The number of carboxylic acids is 2. The molecule has 0 heterocycles. The molecule has 0 aliphatic carbocycles. The predicted octanol–water partition coefficient (Wildman–Crippen LogP) is 4.32. The lowest BCUT2D eigenvalue weighted by Crippen LogP contribution is -2.60. The van der Waals surface area contributed by atoms with Gasteiger partial charge in [-0.1, -0.05) is 84.9 Å². The first kappa shape index (κ1) is 38.8. The smallest absolute Gasteiger partial charge is 0.478 e. The second kappa shape index (κ2) is 16.4. The number of amides is 1. The number of nitrogens with one attached hydrogen (secondary N) is 3. The molecule has 0 saturated carbocycles. The molecule has 42 heavy (non-hydrogen) atoms. The zero-order chi connectivity index (χ0) is 33.1.